The molecule has 2 aliphatic heterocycles. The van der Waals surface area contributed by atoms with Crippen LogP contribution in [0.4, 0.5) is 5.13 Å². The molecule has 7 heteroatoms. The third kappa shape index (κ3) is 4.47. The molecule has 2 fully saturated rings. The third-order valence-corrected chi connectivity index (χ3v) is 6.46. The van der Waals surface area contributed by atoms with Gasteiger partial charge in [0.2, 0.25) is 0 Å². The number of benzene rings is 1. The highest BCUT2D eigenvalue weighted by Crippen LogP contribution is 2.34. The van der Waals surface area contributed by atoms with E-state index in [0.29, 0.717) is 11.9 Å². The fraction of sp³-hybridized carbons (Fsp3) is 0.524. The number of nitrogens with zero attached hydrogens (tertiary/aromatic N) is 4. The zero-order chi connectivity index (χ0) is 19.3. The topological polar surface area (TPSA) is 67.0 Å². The van der Waals surface area contributed by atoms with Crippen LogP contribution in [0.1, 0.15) is 30.1 Å². The predicted octanol–water partition coefficient (Wildman–Crippen LogP) is 3.06. The van der Waals surface area contributed by atoms with Gasteiger partial charge in [0, 0.05) is 56.8 Å². The molecule has 2 unspecified atom stereocenters. The van der Waals surface area contributed by atoms with E-state index in [1.54, 1.807) is 11.3 Å². The molecule has 4 rings (SSSR count). The van der Waals surface area contributed by atoms with E-state index in [9.17, 15) is 0 Å². The fourth-order valence-corrected chi connectivity index (χ4v) is 4.66. The monoisotopic (exact) mass is 399 g/mol. The van der Waals surface area contributed by atoms with Crippen molar-refractivity contribution < 1.29 is 4.74 Å². The molecule has 6 nitrogen and oxygen atoms in total. The molecule has 0 radical (unpaired) electrons. The summed E-state index contributed by atoms with van der Waals surface area (Å²) in [7, 11) is 0. The largest absolute Gasteiger partial charge is 0.373 e. The minimum Gasteiger partial charge on any atom is -0.373 e. The molecule has 0 spiro atoms. The van der Waals surface area contributed by atoms with Crippen LogP contribution < -0.4 is 10.6 Å². The third-order valence-electron chi connectivity index (χ3n) is 5.63. The Kier molecular flexibility index (Phi) is 6.12. The van der Waals surface area contributed by atoms with E-state index in [4.69, 9.17) is 15.5 Å². The van der Waals surface area contributed by atoms with Gasteiger partial charge in [-0.05, 0) is 25.3 Å². The fourth-order valence-electron chi connectivity index (χ4n) is 3.96. The summed E-state index contributed by atoms with van der Waals surface area (Å²) in [5.41, 5.74) is 8.86. The van der Waals surface area contributed by atoms with Crippen molar-refractivity contribution in [3.05, 3.63) is 47.0 Å². The van der Waals surface area contributed by atoms with Crippen LogP contribution in [0.5, 0.6) is 0 Å². The van der Waals surface area contributed by atoms with Crippen LogP contribution in [0.2, 0.25) is 0 Å². The van der Waals surface area contributed by atoms with Gasteiger partial charge >= 0.3 is 0 Å². The number of anilines is 1. The van der Waals surface area contributed by atoms with Crippen LogP contribution in [-0.2, 0) is 4.74 Å². The molecular weight excluding hydrogens is 370 g/mol. The molecule has 0 amide bonds. The van der Waals surface area contributed by atoms with Gasteiger partial charge in [0.1, 0.15) is 0 Å². The van der Waals surface area contributed by atoms with Crippen LogP contribution in [0.25, 0.3) is 0 Å². The second-order valence-corrected chi connectivity index (χ2v) is 8.47. The molecular formula is C21H29N5OS. The van der Waals surface area contributed by atoms with Crippen molar-refractivity contribution in [1.29, 1.82) is 0 Å². The normalized spacial score (nSPS) is 23.8. The number of piperazine rings is 1. The average Bonchev–Trinajstić information content (AvgIpc) is 3.28. The van der Waals surface area contributed by atoms with Gasteiger partial charge < -0.3 is 20.3 Å². The Morgan fingerprint density at radius 2 is 2.04 bits per heavy atom. The zero-order valence-corrected chi connectivity index (χ0v) is 17.3. The lowest BCUT2D eigenvalue weighted by molar-refractivity contribution is -0.0250. The standard InChI is InChI=1S/C21H29N5OS/c1-16-4-6-17(7-5-16)19-18(3-2-13-27-19)15-24-20(22)25-9-11-26(12-10-25)21-23-8-14-28-21/h4-8,14,18-19H,2-3,9-13,15H2,1H3,(H2,22,24). The van der Waals surface area contributed by atoms with Gasteiger partial charge in [0.15, 0.2) is 11.1 Å². The van der Waals surface area contributed by atoms with Gasteiger partial charge in [-0.25, -0.2) is 4.98 Å². The van der Waals surface area contributed by atoms with Gasteiger partial charge in [0.25, 0.3) is 0 Å². The van der Waals surface area contributed by atoms with E-state index in [1.807, 2.05) is 11.6 Å². The highest BCUT2D eigenvalue weighted by Gasteiger charge is 2.28. The molecule has 1 aromatic carbocycles. The van der Waals surface area contributed by atoms with Crippen LogP contribution in [0.3, 0.4) is 0 Å². The van der Waals surface area contributed by atoms with Crippen molar-refractivity contribution in [2.75, 3.05) is 44.2 Å². The Hall–Kier alpha value is -2.12. The maximum atomic E-state index is 6.34. The summed E-state index contributed by atoms with van der Waals surface area (Å²) in [6.07, 6.45) is 4.20. The van der Waals surface area contributed by atoms with E-state index in [0.717, 1.165) is 57.3 Å². The van der Waals surface area contributed by atoms with E-state index in [-0.39, 0.29) is 6.10 Å². The quantitative estimate of drug-likeness (QED) is 0.632. The zero-order valence-electron chi connectivity index (χ0n) is 16.5. The van der Waals surface area contributed by atoms with Crippen LogP contribution >= 0.6 is 11.3 Å². The number of hydrogen-bond acceptors (Lipinski definition) is 5. The number of rotatable bonds is 4. The Bertz CT molecular complexity index is 769. The van der Waals surface area contributed by atoms with Crippen LogP contribution in [-0.4, -0.2) is 55.2 Å². The van der Waals surface area contributed by atoms with Gasteiger partial charge in [0.05, 0.1) is 6.10 Å². The highest BCUT2D eigenvalue weighted by molar-refractivity contribution is 7.13. The SMILES string of the molecule is Cc1ccc(C2OCCCC2CN=C(N)N2CCN(c3nccs3)CC2)cc1. The van der Waals surface area contributed by atoms with Crippen molar-refractivity contribution in [3.8, 4) is 0 Å². The molecule has 0 aliphatic carbocycles. The van der Waals surface area contributed by atoms with Crippen LogP contribution in [0, 0.1) is 12.8 Å². The lowest BCUT2D eigenvalue weighted by atomic mass is 9.89. The molecule has 28 heavy (non-hydrogen) atoms. The van der Waals surface area contributed by atoms with Crippen LogP contribution in [0.15, 0.2) is 40.8 Å². The molecule has 0 bridgehead atoms. The number of aliphatic imine (C=N–C) groups is 1. The summed E-state index contributed by atoms with van der Waals surface area (Å²) in [6, 6.07) is 8.68. The van der Waals surface area contributed by atoms with E-state index in [1.165, 1.54) is 11.1 Å². The van der Waals surface area contributed by atoms with Crippen molar-refractivity contribution >= 4 is 22.4 Å². The minimum atomic E-state index is 0.118. The molecule has 0 saturated carbocycles. The number of hydrogen-bond donors (Lipinski definition) is 1. The molecule has 150 valence electrons. The average molecular weight is 400 g/mol. The summed E-state index contributed by atoms with van der Waals surface area (Å²) < 4.78 is 6.11. The summed E-state index contributed by atoms with van der Waals surface area (Å²) in [4.78, 5) is 13.7. The molecule has 3 heterocycles. The number of nitrogens with two attached hydrogens (primary N) is 1. The van der Waals surface area contributed by atoms with E-state index < -0.39 is 0 Å². The second kappa shape index (κ2) is 8.92. The first-order valence-corrected chi connectivity index (χ1v) is 11.0. The first-order chi connectivity index (χ1) is 13.7. The van der Waals surface area contributed by atoms with Crippen molar-refractivity contribution in [3.63, 3.8) is 0 Å². The number of guanidine groups is 1. The first kappa shape index (κ1) is 19.2. The van der Waals surface area contributed by atoms with Gasteiger partial charge in [-0.2, -0.15) is 0 Å². The molecule has 2 atom stereocenters. The maximum absolute atomic E-state index is 6.34. The molecule has 1 aromatic heterocycles. The second-order valence-electron chi connectivity index (χ2n) is 7.59. The van der Waals surface area contributed by atoms with E-state index >= 15 is 0 Å². The Morgan fingerprint density at radius 3 is 2.75 bits per heavy atom. The maximum Gasteiger partial charge on any atom is 0.191 e. The smallest absolute Gasteiger partial charge is 0.191 e. The number of aryl methyl sites for hydroxylation is 1. The molecule has 2 saturated heterocycles. The van der Waals surface area contributed by atoms with Crippen molar-refractivity contribution in [1.82, 2.24) is 9.88 Å². The number of thiazole rings is 1. The Balaban J connectivity index is 1.35. The van der Waals surface area contributed by atoms with Gasteiger partial charge in [-0.3, -0.25) is 4.99 Å². The highest BCUT2D eigenvalue weighted by atomic mass is 32.1. The summed E-state index contributed by atoms with van der Waals surface area (Å²) in [5, 5.41) is 3.12. The number of ether oxygens (including phenoxy) is 1. The number of aromatic nitrogens is 1. The van der Waals surface area contributed by atoms with Gasteiger partial charge in [-0.1, -0.05) is 29.8 Å². The van der Waals surface area contributed by atoms with Crippen molar-refractivity contribution in [2.24, 2.45) is 16.6 Å². The lowest BCUT2D eigenvalue weighted by Gasteiger charge is -2.35. The summed E-state index contributed by atoms with van der Waals surface area (Å²) in [5.74, 6) is 1.04. The lowest BCUT2D eigenvalue weighted by Crippen LogP contribution is -2.51. The van der Waals surface area contributed by atoms with Crippen molar-refractivity contribution in [2.45, 2.75) is 25.9 Å². The van der Waals surface area contributed by atoms with E-state index in [2.05, 4.69) is 46.0 Å². The molecule has 2 aromatic rings. The molecule has 2 aliphatic rings. The molecule has 2 N–H and O–H groups in total. The van der Waals surface area contributed by atoms with Gasteiger partial charge in [-0.15, -0.1) is 11.3 Å². The summed E-state index contributed by atoms with van der Waals surface area (Å²) in [6.45, 7) is 7.30. The predicted molar refractivity (Wildman–Crippen MR) is 115 cm³/mol. The minimum absolute atomic E-state index is 0.118. The Morgan fingerprint density at radius 1 is 1.25 bits per heavy atom. The summed E-state index contributed by atoms with van der Waals surface area (Å²) >= 11 is 1.69. The first-order valence-electron chi connectivity index (χ1n) is 10.1. The Labute approximate surface area is 171 Å².